The van der Waals surface area contributed by atoms with E-state index in [1.165, 1.54) is 19.3 Å². The standard InChI is InChI=1S/C16H22BrNO/c1-3-12-5-4-6-15(9-12)18-16(19)13-7-11(2)8-14(17)10-13/h7-8,10,12,15H,3-6,9H2,1-2H3,(H,18,19). The number of hydrogen-bond acceptors (Lipinski definition) is 1. The van der Waals surface area contributed by atoms with E-state index < -0.39 is 0 Å². The Morgan fingerprint density at radius 3 is 2.84 bits per heavy atom. The van der Waals surface area contributed by atoms with Crippen molar-refractivity contribution in [3.8, 4) is 0 Å². The van der Waals surface area contributed by atoms with Crippen LogP contribution in [0.2, 0.25) is 0 Å². The Morgan fingerprint density at radius 2 is 2.16 bits per heavy atom. The van der Waals surface area contributed by atoms with Gasteiger partial charge in [-0.1, -0.05) is 42.1 Å². The molecule has 0 bridgehead atoms. The van der Waals surface area contributed by atoms with Crippen molar-refractivity contribution < 1.29 is 4.79 Å². The van der Waals surface area contributed by atoms with E-state index >= 15 is 0 Å². The van der Waals surface area contributed by atoms with Gasteiger partial charge in [-0.15, -0.1) is 0 Å². The van der Waals surface area contributed by atoms with Crippen molar-refractivity contribution in [1.82, 2.24) is 5.32 Å². The Labute approximate surface area is 124 Å². The molecule has 0 saturated heterocycles. The summed E-state index contributed by atoms with van der Waals surface area (Å²) in [6.45, 7) is 4.25. The molecule has 1 aliphatic carbocycles. The molecule has 1 amide bonds. The van der Waals surface area contributed by atoms with Crippen LogP contribution in [-0.2, 0) is 0 Å². The zero-order valence-electron chi connectivity index (χ0n) is 11.7. The molecule has 2 atom stereocenters. The second-order valence-corrected chi connectivity index (χ2v) is 6.54. The molecule has 2 unspecified atom stereocenters. The molecular formula is C16H22BrNO. The molecule has 1 N–H and O–H groups in total. The van der Waals surface area contributed by atoms with E-state index in [0.717, 1.165) is 34.4 Å². The van der Waals surface area contributed by atoms with Crippen LogP contribution >= 0.6 is 15.9 Å². The second kappa shape index (κ2) is 6.56. The zero-order valence-corrected chi connectivity index (χ0v) is 13.3. The van der Waals surface area contributed by atoms with E-state index in [2.05, 4.69) is 28.2 Å². The third-order valence-corrected chi connectivity index (χ3v) is 4.46. The van der Waals surface area contributed by atoms with Gasteiger partial charge in [-0.25, -0.2) is 0 Å². The quantitative estimate of drug-likeness (QED) is 0.874. The van der Waals surface area contributed by atoms with Crippen molar-refractivity contribution in [2.45, 2.75) is 52.0 Å². The lowest BCUT2D eigenvalue weighted by molar-refractivity contribution is 0.0919. The normalized spacial score (nSPS) is 23.1. The minimum absolute atomic E-state index is 0.0613. The van der Waals surface area contributed by atoms with Gasteiger partial charge in [-0.05, 0) is 49.4 Å². The van der Waals surface area contributed by atoms with Crippen LogP contribution in [0.3, 0.4) is 0 Å². The third kappa shape index (κ3) is 4.07. The molecular weight excluding hydrogens is 302 g/mol. The van der Waals surface area contributed by atoms with Gasteiger partial charge in [0.2, 0.25) is 0 Å². The highest BCUT2D eigenvalue weighted by atomic mass is 79.9. The third-order valence-electron chi connectivity index (χ3n) is 4.00. The first-order valence-electron chi connectivity index (χ1n) is 7.16. The van der Waals surface area contributed by atoms with Crippen molar-refractivity contribution in [2.75, 3.05) is 0 Å². The Balaban J connectivity index is 2.00. The van der Waals surface area contributed by atoms with Crippen molar-refractivity contribution in [1.29, 1.82) is 0 Å². The summed E-state index contributed by atoms with van der Waals surface area (Å²) < 4.78 is 0.965. The molecule has 3 heteroatoms. The van der Waals surface area contributed by atoms with Crippen molar-refractivity contribution in [2.24, 2.45) is 5.92 Å². The highest BCUT2D eigenvalue weighted by Gasteiger charge is 2.22. The number of aryl methyl sites for hydroxylation is 1. The lowest BCUT2D eigenvalue weighted by Crippen LogP contribution is -2.38. The van der Waals surface area contributed by atoms with E-state index in [1.54, 1.807) is 0 Å². The Hall–Kier alpha value is -0.830. The fourth-order valence-corrected chi connectivity index (χ4v) is 3.54. The Bertz CT molecular complexity index is 438. The highest BCUT2D eigenvalue weighted by molar-refractivity contribution is 9.10. The molecule has 2 rings (SSSR count). The molecule has 1 aliphatic rings. The van der Waals surface area contributed by atoms with E-state index in [4.69, 9.17) is 0 Å². The molecule has 0 spiro atoms. The maximum absolute atomic E-state index is 12.3. The largest absolute Gasteiger partial charge is 0.349 e. The zero-order chi connectivity index (χ0) is 13.8. The summed E-state index contributed by atoms with van der Waals surface area (Å²) in [7, 11) is 0. The summed E-state index contributed by atoms with van der Waals surface area (Å²) in [5, 5.41) is 3.19. The second-order valence-electron chi connectivity index (χ2n) is 5.63. The van der Waals surface area contributed by atoms with Gasteiger partial charge < -0.3 is 5.32 Å². The number of carbonyl (C=O) groups excluding carboxylic acids is 1. The number of benzene rings is 1. The van der Waals surface area contributed by atoms with Crippen LogP contribution in [0, 0.1) is 12.8 Å². The van der Waals surface area contributed by atoms with Gasteiger partial charge in [0.05, 0.1) is 0 Å². The average molecular weight is 324 g/mol. The summed E-state index contributed by atoms with van der Waals surface area (Å²) in [5.41, 5.74) is 1.86. The molecule has 1 aromatic rings. The van der Waals surface area contributed by atoms with Crippen LogP contribution in [0.1, 0.15) is 54.9 Å². The van der Waals surface area contributed by atoms with Gasteiger partial charge in [0, 0.05) is 16.1 Å². The van der Waals surface area contributed by atoms with Gasteiger partial charge in [0.15, 0.2) is 0 Å². The van der Waals surface area contributed by atoms with Crippen LogP contribution in [0.15, 0.2) is 22.7 Å². The molecule has 2 nitrogen and oxygen atoms in total. The molecule has 0 aromatic heterocycles. The average Bonchev–Trinajstić information content (AvgIpc) is 2.37. The van der Waals surface area contributed by atoms with Crippen molar-refractivity contribution in [3.05, 3.63) is 33.8 Å². The van der Waals surface area contributed by atoms with E-state index in [0.29, 0.717) is 6.04 Å². The van der Waals surface area contributed by atoms with Gasteiger partial charge in [0.25, 0.3) is 5.91 Å². The first-order chi connectivity index (χ1) is 9.08. The Morgan fingerprint density at radius 1 is 1.37 bits per heavy atom. The van der Waals surface area contributed by atoms with Gasteiger partial charge in [-0.2, -0.15) is 0 Å². The van der Waals surface area contributed by atoms with Crippen LogP contribution < -0.4 is 5.32 Å². The minimum atomic E-state index is 0.0613. The minimum Gasteiger partial charge on any atom is -0.349 e. The van der Waals surface area contributed by atoms with Gasteiger partial charge in [-0.3, -0.25) is 4.79 Å². The lowest BCUT2D eigenvalue weighted by Gasteiger charge is -2.29. The number of rotatable bonds is 3. The summed E-state index contributed by atoms with van der Waals surface area (Å²) in [5.74, 6) is 0.842. The van der Waals surface area contributed by atoms with Crippen molar-refractivity contribution in [3.63, 3.8) is 0 Å². The number of nitrogens with one attached hydrogen (secondary N) is 1. The van der Waals surface area contributed by atoms with Crippen LogP contribution in [0.25, 0.3) is 0 Å². The highest BCUT2D eigenvalue weighted by Crippen LogP contribution is 2.26. The predicted octanol–water partition coefficient (Wildman–Crippen LogP) is 4.46. The monoisotopic (exact) mass is 323 g/mol. The van der Waals surface area contributed by atoms with E-state index in [1.807, 2.05) is 25.1 Å². The van der Waals surface area contributed by atoms with Crippen molar-refractivity contribution >= 4 is 21.8 Å². The molecule has 104 valence electrons. The summed E-state index contributed by atoms with van der Waals surface area (Å²) in [4.78, 5) is 12.3. The number of carbonyl (C=O) groups is 1. The molecule has 0 heterocycles. The number of amides is 1. The number of halogens is 1. The van der Waals surface area contributed by atoms with Crippen LogP contribution in [0.4, 0.5) is 0 Å². The van der Waals surface area contributed by atoms with Gasteiger partial charge >= 0.3 is 0 Å². The van der Waals surface area contributed by atoms with Crippen LogP contribution in [0.5, 0.6) is 0 Å². The maximum atomic E-state index is 12.3. The number of hydrogen-bond donors (Lipinski definition) is 1. The van der Waals surface area contributed by atoms with Crippen LogP contribution in [-0.4, -0.2) is 11.9 Å². The maximum Gasteiger partial charge on any atom is 0.251 e. The van der Waals surface area contributed by atoms with E-state index in [-0.39, 0.29) is 5.91 Å². The molecule has 0 aliphatic heterocycles. The predicted molar refractivity (Wildman–Crippen MR) is 82.4 cm³/mol. The topological polar surface area (TPSA) is 29.1 Å². The fraction of sp³-hybridized carbons (Fsp3) is 0.562. The summed E-state index contributed by atoms with van der Waals surface area (Å²) >= 11 is 3.45. The smallest absolute Gasteiger partial charge is 0.251 e. The lowest BCUT2D eigenvalue weighted by atomic mass is 9.84. The van der Waals surface area contributed by atoms with E-state index in [9.17, 15) is 4.79 Å². The molecule has 1 aromatic carbocycles. The van der Waals surface area contributed by atoms with Gasteiger partial charge in [0.1, 0.15) is 0 Å². The fourth-order valence-electron chi connectivity index (χ4n) is 2.93. The molecule has 1 saturated carbocycles. The summed E-state index contributed by atoms with van der Waals surface area (Å²) in [6, 6.07) is 6.21. The molecule has 1 fully saturated rings. The first-order valence-corrected chi connectivity index (χ1v) is 7.96. The first kappa shape index (κ1) is 14.6. The summed E-state index contributed by atoms with van der Waals surface area (Å²) in [6.07, 6.45) is 6.03. The Kier molecular flexibility index (Phi) is 5.03. The molecule has 19 heavy (non-hydrogen) atoms. The molecule has 0 radical (unpaired) electrons. The SMILES string of the molecule is CCC1CCCC(NC(=O)c2cc(C)cc(Br)c2)C1.